The van der Waals surface area contributed by atoms with Crippen LogP contribution in [0.15, 0.2) is 36.0 Å². The number of aliphatic hydroxyl groups excluding tert-OH is 6. The number of amides is 1. The standard InChI is InChI=1S/C49H91NO9/c1-4-6-8-10-12-13-14-15-16-17-18-19-20-21-22-23-24-26-28-32-37-43(53)48(57)50-41(39-58-49-47(56)46(55)45(54)44(38-51)59-49)42(52)36-33-29-31-35-40(3)34-30-27-25-11-9-7-5-2/h13-14,33,35-36,41-47,49,51-56H,4-12,15-32,34,37-39H2,1-3H3,(H,50,57). The van der Waals surface area contributed by atoms with Gasteiger partial charge in [-0.25, -0.2) is 0 Å². The molecular formula is C49H91NO9. The number of hydrogen-bond donors (Lipinski definition) is 7. The molecule has 10 heteroatoms. The molecule has 0 aromatic rings. The van der Waals surface area contributed by atoms with Gasteiger partial charge in [-0.3, -0.25) is 4.79 Å². The zero-order valence-corrected chi connectivity index (χ0v) is 37.8. The molecule has 59 heavy (non-hydrogen) atoms. The number of allylic oxidation sites excluding steroid dienone is 5. The average molecular weight is 838 g/mol. The zero-order chi connectivity index (χ0) is 43.4. The number of ether oxygens (including phenoxy) is 2. The summed E-state index contributed by atoms with van der Waals surface area (Å²) in [6.45, 7) is 5.72. The monoisotopic (exact) mass is 838 g/mol. The van der Waals surface area contributed by atoms with Crippen LogP contribution in [0, 0.1) is 0 Å². The van der Waals surface area contributed by atoms with Gasteiger partial charge in [0, 0.05) is 0 Å². The predicted octanol–water partition coefficient (Wildman–Crippen LogP) is 9.42. The first-order valence-corrected chi connectivity index (χ1v) is 24.2. The van der Waals surface area contributed by atoms with Crippen LogP contribution in [0.2, 0.25) is 0 Å². The normalized spacial score (nSPS) is 21.7. The number of carbonyl (C=O) groups excluding carboxylic acids is 1. The predicted molar refractivity (Wildman–Crippen MR) is 241 cm³/mol. The van der Waals surface area contributed by atoms with Gasteiger partial charge in [0.05, 0.1) is 25.4 Å². The number of rotatable bonds is 39. The molecule has 1 aliphatic heterocycles. The van der Waals surface area contributed by atoms with E-state index in [0.29, 0.717) is 19.3 Å². The molecule has 7 N–H and O–H groups in total. The molecule has 8 atom stereocenters. The summed E-state index contributed by atoms with van der Waals surface area (Å²) in [5.41, 5.74) is 1.36. The third-order valence-electron chi connectivity index (χ3n) is 11.7. The number of nitrogens with one attached hydrogen (secondary N) is 1. The van der Waals surface area contributed by atoms with Crippen LogP contribution in [0.1, 0.15) is 207 Å². The molecule has 1 saturated heterocycles. The number of unbranched alkanes of at least 4 members (excludes halogenated alkanes) is 23. The summed E-state index contributed by atoms with van der Waals surface area (Å²) in [7, 11) is 0. The molecule has 1 aliphatic rings. The van der Waals surface area contributed by atoms with Crippen LogP contribution in [0.5, 0.6) is 0 Å². The van der Waals surface area contributed by atoms with Crippen LogP contribution in [0.4, 0.5) is 0 Å². The van der Waals surface area contributed by atoms with Crippen LogP contribution < -0.4 is 5.32 Å². The van der Waals surface area contributed by atoms with E-state index >= 15 is 0 Å². The van der Waals surface area contributed by atoms with Gasteiger partial charge in [0.1, 0.15) is 30.5 Å². The van der Waals surface area contributed by atoms with Gasteiger partial charge in [0.2, 0.25) is 5.91 Å². The molecule has 1 amide bonds. The van der Waals surface area contributed by atoms with Crippen molar-refractivity contribution < 1.29 is 44.9 Å². The third-order valence-corrected chi connectivity index (χ3v) is 11.7. The van der Waals surface area contributed by atoms with Crippen LogP contribution in [-0.4, -0.2) is 98.7 Å². The van der Waals surface area contributed by atoms with E-state index in [1.54, 1.807) is 6.08 Å². The maximum atomic E-state index is 13.1. The van der Waals surface area contributed by atoms with E-state index < -0.39 is 61.5 Å². The van der Waals surface area contributed by atoms with Crippen molar-refractivity contribution in [1.29, 1.82) is 0 Å². The Bertz CT molecular complexity index is 1070. The summed E-state index contributed by atoms with van der Waals surface area (Å²) in [6, 6.07) is -0.998. The topological polar surface area (TPSA) is 169 Å². The highest BCUT2D eigenvalue weighted by atomic mass is 16.7. The summed E-state index contributed by atoms with van der Waals surface area (Å²) < 4.78 is 11.1. The summed E-state index contributed by atoms with van der Waals surface area (Å²) in [5, 5.41) is 64.8. The van der Waals surface area contributed by atoms with Crippen molar-refractivity contribution in [3.63, 3.8) is 0 Å². The van der Waals surface area contributed by atoms with Crippen molar-refractivity contribution in [1.82, 2.24) is 5.32 Å². The second-order valence-electron chi connectivity index (χ2n) is 17.2. The lowest BCUT2D eigenvalue weighted by Gasteiger charge is -2.40. The van der Waals surface area contributed by atoms with Crippen LogP contribution >= 0.6 is 0 Å². The van der Waals surface area contributed by atoms with Crippen molar-refractivity contribution in [3.05, 3.63) is 36.0 Å². The van der Waals surface area contributed by atoms with Gasteiger partial charge < -0.3 is 45.4 Å². The lowest BCUT2D eigenvalue weighted by atomic mass is 9.99. The largest absolute Gasteiger partial charge is 0.394 e. The molecule has 10 nitrogen and oxygen atoms in total. The minimum atomic E-state index is -1.62. The van der Waals surface area contributed by atoms with Crippen molar-refractivity contribution in [3.8, 4) is 0 Å². The van der Waals surface area contributed by atoms with E-state index in [-0.39, 0.29) is 6.61 Å². The molecule has 1 rings (SSSR count). The maximum absolute atomic E-state index is 13.1. The average Bonchev–Trinajstić information content (AvgIpc) is 3.23. The fourth-order valence-electron chi connectivity index (χ4n) is 7.59. The van der Waals surface area contributed by atoms with E-state index in [2.05, 4.69) is 44.3 Å². The maximum Gasteiger partial charge on any atom is 0.249 e. The summed E-state index contributed by atoms with van der Waals surface area (Å²) in [5.74, 6) is -0.627. The Morgan fingerprint density at radius 1 is 0.644 bits per heavy atom. The Hall–Kier alpha value is -1.63. The minimum absolute atomic E-state index is 0.303. The summed E-state index contributed by atoms with van der Waals surface area (Å²) in [4.78, 5) is 13.1. The van der Waals surface area contributed by atoms with Crippen LogP contribution in [0.25, 0.3) is 0 Å². The Balaban J connectivity index is 2.42. The Kier molecular flexibility index (Phi) is 35.7. The van der Waals surface area contributed by atoms with Gasteiger partial charge in [-0.1, -0.05) is 178 Å². The third kappa shape index (κ3) is 28.6. The zero-order valence-electron chi connectivity index (χ0n) is 37.8. The molecule has 0 radical (unpaired) electrons. The quantitative estimate of drug-likeness (QED) is 0.0236. The highest BCUT2D eigenvalue weighted by Gasteiger charge is 2.44. The van der Waals surface area contributed by atoms with Gasteiger partial charge in [0.25, 0.3) is 0 Å². The van der Waals surface area contributed by atoms with Crippen molar-refractivity contribution in [2.45, 2.75) is 256 Å². The molecule has 0 saturated carbocycles. The molecule has 1 fully saturated rings. The molecule has 0 aromatic heterocycles. The number of hydrogen-bond acceptors (Lipinski definition) is 9. The van der Waals surface area contributed by atoms with Crippen molar-refractivity contribution >= 4 is 5.91 Å². The first-order chi connectivity index (χ1) is 28.7. The molecule has 346 valence electrons. The van der Waals surface area contributed by atoms with Gasteiger partial charge in [-0.2, -0.15) is 0 Å². The van der Waals surface area contributed by atoms with E-state index in [1.807, 2.05) is 6.08 Å². The fraction of sp³-hybridized carbons (Fsp3) is 0.857. The van der Waals surface area contributed by atoms with E-state index in [4.69, 9.17) is 9.47 Å². The molecule has 0 bridgehead atoms. The first kappa shape index (κ1) is 55.4. The summed E-state index contributed by atoms with van der Waals surface area (Å²) >= 11 is 0. The van der Waals surface area contributed by atoms with Crippen LogP contribution in [-0.2, 0) is 14.3 Å². The molecule has 0 spiro atoms. The van der Waals surface area contributed by atoms with Crippen molar-refractivity contribution in [2.75, 3.05) is 13.2 Å². The highest BCUT2D eigenvalue weighted by Crippen LogP contribution is 2.23. The first-order valence-electron chi connectivity index (χ1n) is 24.2. The molecule has 1 heterocycles. The summed E-state index contributed by atoms with van der Waals surface area (Å²) in [6.07, 6.45) is 34.5. The van der Waals surface area contributed by atoms with E-state index in [1.165, 1.54) is 140 Å². The molecule has 0 aromatic carbocycles. The van der Waals surface area contributed by atoms with Gasteiger partial charge in [-0.15, -0.1) is 0 Å². The number of aliphatic hydroxyl groups is 6. The highest BCUT2D eigenvalue weighted by molar-refractivity contribution is 5.80. The Labute approximate surface area is 360 Å². The van der Waals surface area contributed by atoms with E-state index in [0.717, 1.165) is 32.1 Å². The Morgan fingerprint density at radius 3 is 1.71 bits per heavy atom. The second-order valence-corrected chi connectivity index (χ2v) is 17.2. The fourth-order valence-corrected chi connectivity index (χ4v) is 7.59. The SMILES string of the molecule is CCCCCCC=CCCCCCCCCCCCCCCC(O)C(=O)NC(COC1OC(CO)C(O)C(O)C1O)C(O)C=CCCC=C(C)CCCCCCCCC. The van der Waals surface area contributed by atoms with Crippen LogP contribution in [0.3, 0.4) is 0 Å². The van der Waals surface area contributed by atoms with Crippen molar-refractivity contribution in [2.24, 2.45) is 0 Å². The van der Waals surface area contributed by atoms with Gasteiger partial charge in [-0.05, 0) is 64.7 Å². The second kappa shape index (κ2) is 38.1. The number of carbonyl (C=O) groups is 1. The molecule has 8 unspecified atom stereocenters. The smallest absolute Gasteiger partial charge is 0.249 e. The Morgan fingerprint density at radius 2 is 1.15 bits per heavy atom. The lowest BCUT2D eigenvalue weighted by molar-refractivity contribution is -0.302. The minimum Gasteiger partial charge on any atom is -0.394 e. The van der Waals surface area contributed by atoms with Gasteiger partial charge >= 0.3 is 0 Å². The lowest BCUT2D eigenvalue weighted by Crippen LogP contribution is -2.60. The van der Waals surface area contributed by atoms with Gasteiger partial charge in [0.15, 0.2) is 6.29 Å². The molecular weight excluding hydrogens is 747 g/mol. The van der Waals surface area contributed by atoms with E-state index in [9.17, 15) is 35.4 Å². The molecule has 0 aliphatic carbocycles.